The van der Waals surface area contributed by atoms with Gasteiger partial charge in [-0.05, 0) is 94.1 Å². The summed E-state index contributed by atoms with van der Waals surface area (Å²) in [5.41, 5.74) is 4.28. The highest BCUT2D eigenvalue weighted by molar-refractivity contribution is 7.89. The number of piperazine rings is 1. The minimum absolute atomic E-state index is 0.0267. The fraction of sp³-hybridized carbons (Fsp3) is 0.594. The number of methoxy groups -OCH3 is 1. The second-order valence-electron chi connectivity index (χ2n) is 12.1. The van der Waals surface area contributed by atoms with Crippen molar-refractivity contribution in [1.29, 1.82) is 0 Å². The lowest BCUT2D eigenvalue weighted by molar-refractivity contribution is -0.138. The highest BCUT2D eigenvalue weighted by atomic mass is 32.2. The molecule has 9 nitrogen and oxygen atoms in total. The molecule has 5 rings (SSSR count). The molecule has 2 saturated heterocycles. The number of hydrogen-bond acceptors (Lipinski definition) is 7. The van der Waals surface area contributed by atoms with E-state index in [1.165, 1.54) is 12.8 Å². The van der Waals surface area contributed by atoms with Gasteiger partial charge in [0.25, 0.3) is 0 Å². The van der Waals surface area contributed by atoms with Gasteiger partial charge in [0.1, 0.15) is 12.4 Å². The van der Waals surface area contributed by atoms with Crippen LogP contribution in [0.25, 0.3) is 0 Å². The maximum absolute atomic E-state index is 14.3. The van der Waals surface area contributed by atoms with Gasteiger partial charge >= 0.3 is 0 Å². The lowest BCUT2D eigenvalue weighted by Crippen LogP contribution is -2.54. The maximum atomic E-state index is 14.3. The molecule has 0 saturated carbocycles. The first kappa shape index (κ1) is 30.9. The van der Waals surface area contributed by atoms with Crippen LogP contribution in [0.15, 0.2) is 35.2 Å². The molecule has 2 fully saturated rings. The first-order chi connectivity index (χ1) is 20.1. The predicted octanol–water partition coefficient (Wildman–Crippen LogP) is 2.99. The van der Waals surface area contributed by atoms with Gasteiger partial charge in [-0.25, -0.2) is 8.42 Å². The molecule has 0 aromatic heterocycles. The molecule has 10 heteroatoms. The van der Waals surface area contributed by atoms with Crippen LogP contribution in [-0.2, 0) is 32.5 Å². The summed E-state index contributed by atoms with van der Waals surface area (Å²) in [4.78, 5) is 20.2. The molecule has 230 valence electrons. The first-order valence-corrected chi connectivity index (χ1v) is 16.6. The van der Waals surface area contributed by atoms with Crippen molar-refractivity contribution in [2.24, 2.45) is 0 Å². The normalized spacial score (nSPS) is 21.4. The summed E-state index contributed by atoms with van der Waals surface area (Å²) in [6.07, 6.45) is 2.91. The van der Waals surface area contributed by atoms with Crippen LogP contribution in [0.3, 0.4) is 0 Å². The fourth-order valence-corrected chi connectivity index (χ4v) is 8.88. The zero-order valence-corrected chi connectivity index (χ0v) is 26.6. The van der Waals surface area contributed by atoms with Crippen molar-refractivity contribution in [2.45, 2.75) is 63.6 Å². The zero-order valence-electron chi connectivity index (χ0n) is 25.8. The second kappa shape index (κ2) is 13.0. The lowest BCUT2D eigenvalue weighted by Gasteiger charge is -2.42. The van der Waals surface area contributed by atoms with Crippen molar-refractivity contribution in [3.8, 4) is 5.75 Å². The quantitative estimate of drug-likeness (QED) is 0.462. The molecular weight excluding hydrogens is 552 g/mol. The van der Waals surface area contributed by atoms with Crippen molar-refractivity contribution in [2.75, 3.05) is 66.6 Å². The Morgan fingerprint density at radius 3 is 2.29 bits per heavy atom. The van der Waals surface area contributed by atoms with Gasteiger partial charge in [0, 0.05) is 38.8 Å². The van der Waals surface area contributed by atoms with Gasteiger partial charge in [-0.2, -0.15) is 4.31 Å². The van der Waals surface area contributed by atoms with Crippen molar-refractivity contribution in [1.82, 2.24) is 19.0 Å². The Balaban J connectivity index is 1.25. The third kappa shape index (κ3) is 6.38. The molecule has 2 aromatic rings. The van der Waals surface area contributed by atoms with Crippen LogP contribution in [-0.4, -0.2) is 112 Å². The lowest BCUT2D eigenvalue weighted by atomic mass is 9.96. The van der Waals surface area contributed by atoms with E-state index in [0.29, 0.717) is 47.3 Å². The molecule has 1 unspecified atom stereocenters. The van der Waals surface area contributed by atoms with E-state index < -0.39 is 16.1 Å². The van der Waals surface area contributed by atoms with Crippen LogP contribution in [0.1, 0.15) is 40.7 Å². The molecule has 1 amide bonds. The van der Waals surface area contributed by atoms with E-state index in [-0.39, 0.29) is 25.7 Å². The molecule has 0 aliphatic carbocycles. The van der Waals surface area contributed by atoms with Crippen LogP contribution in [0.2, 0.25) is 0 Å². The number of carbonyl (C=O) groups is 1. The van der Waals surface area contributed by atoms with Crippen LogP contribution in [0.5, 0.6) is 5.75 Å². The average Bonchev–Trinajstić information content (AvgIpc) is 2.99. The monoisotopic (exact) mass is 598 g/mol. The van der Waals surface area contributed by atoms with Gasteiger partial charge in [0.15, 0.2) is 0 Å². The topological polar surface area (TPSA) is 82.6 Å². The largest absolute Gasteiger partial charge is 0.496 e. The van der Waals surface area contributed by atoms with Crippen molar-refractivity contribution in [3.63, 3.8) is 0 Å². The standard InChI is InChI=1S/C32H46N4O5S/c1-23-18-30(40-5)24(2)25(3)32(23)42(38,39)36-20-27-9-7-6-8-26(27)19-29(36)21-41-22-31(37)35-16-14-34(15-17-35)28-10-12-33(4)13-11-28/h6-9,18,28-29H,10-17,19-22H2,1-5H3. The smallest absolute Gasteiger partial charge is 0.248 e. The van der Waals surface area contributed by atoms with E-state index in [0.717, 1.165) is 42.9 Å². The molecule has 42 heavy (non-hydrogen) atoms. The second-order valence-corrected chi connectivity index (χ2v) is 13.9. The molecule has 0 radical (unpaired) electrons. The van der Waals surface area contributed by atoms with E-state index >= 15 is 0 Å². The Morgan fingerprint density at radius 2 is 1.62 bits per heavy atom. The fourth-order valence-electron chi connectivity index (χ4n) is 6.80. The molecule has 1 atom stereocenters. The molecule has 0 bridgehead atoms. The third-order valence-corrected chi connectivity index (χ3v) is 11.7. The van der Waals surface area contributed by atoms with Crippen LogP contribution < -0.4 is 4.74 Å². The van der Waals surface area contributed by atoms with E-state index in [9.17, 15) is 13.2 Å². The number of benzene rings is 2. The minimum atomic E-state index is -3.86. The summed E-state index contributed by atoms with van der Waals surface area (Å²) in [5, 5.41) is 0. The molecular formula is C32H46N4O5S. The van der Waals surface area contributed by atoms with E-state index in [1.807, 2.05) is 43.9 Å². The van der Waals surface area contributed by atoms with Crippen LogP contribution in [0, 0.1) is 20.8 Å². The summed E-state index contributed by atoms with van der Waals surface area (Å²) in [7, 11) is -0.0858. The first-order valence-electron chi connectivity index (χ1n) is 15.1. The van der Waals surface area contributed by atoms with E-state index in [2.05, 4.69) is 22.9 Å². The van der Waals surface area contributed by atoms with Gasteiger partial charge in [0.05, 0.1) is 24.7 Å². The highest BCUT2D eigenvalue weighted by Gasteiger charge is 2.38. The Kier molecular flexibility index (Phi) is 9.59. The molecule has 3 aliphatic rings. The number of likely N-dealkylation sites (tertiary alicyclic amines) is 1. The summed E-state index contributed by atoms with van der Waals surface area (Å²) in [6, 6.07) is 9.96. The summed E-state index contributed by atoms with van der Waals surface area (Å²) in [6.45, 7) is 11.4. The average molecular weight is 599 g/mol. The number of amides is 1. The van der Waals surface area contributed by atoms with Gasteiger partial charge in [-0.3, -0.25) is 9.69 Å². The summed E-state index contributed by atoms with van der Waals surface area (Å²) >= 11 is 0. The van der Waals surface area contributed by atoms with E-state index in [4.69, 9.17) is 9.47 Å². The van der Waals surface area contributed by atoms with E-state index in [1.54, 1.807) is 17.5 Å². The van der Waals surface area contributed by atoms with Gasteiger partial charge < -0.3 is 19.3 Å². The van der Waals surface area contributed by atoms with Gasteiger partial charge in [0.2, 0.25) is 15.9 Å². The summed E-state index contributed by atoms with van der Waals surface area (Å²) in [5.74, 6) is 0.652. The number of piperidine rings is 1. The van der Waals surface area contributed by atoms with Crippen molar-refractivity contribution in [3.05, 3.63) is 58.1 Å². The molecule has 3 heterocycles. The number of aryl methyl sites for hydroxylation is 1. The molecule has 0 spiro atoms. The van der Waals surface area contributed by atoms with Crippen LogP contribution in [0.4, 0.5) is 0 Å². The minimum Gasteiger partial charge on any atom is -0.496 e. The predicted molar refractivity (Wildman–Crippen MR) is 163 cm³/mol. The Labute approximate surface area is 251 Å². The maximum Gasteiger partial charge on any atom is 0.248 e. The Bertz CT molecular complexity index is 1380. The Hall–Kier alpha value is -2.50. The van der Waals surface area contributed by atoms with Crippen LogP contribution >= 0.6 is 0 Å². The zero-order chi connectivity index (χ0) is 30.0. The van der Waals surface area contributed by atoms with Gasteiger partial charge in [-0.15, -0.1) is 0 Å². The SMILES string of the molecule is COc1cc(C)c(S(=O)(=O)N2Cc3ccccc3CC2COCC(=O)N2CCN(C3CCN(C)CC3)CC2)c(C)c1C. The van der Waals surface area contributed by atoms with Gasteiger partial charge in [-0.1, -0.05) is 24.3 Å². The number of hydrogen-bond donors (Lipinski definition) is 0. The van der Waals surface area contributed by atoms with Crippen molar-refractivity contribution < 1.29 is 22.7 Å². The van der Waals surface area contributed by atoms with Crippen molar-refractivity contribution >= 4 is 15.9 Å². The highest BCUT2D eigenvalue weighted by Crippen LogP contribution is 2.36. The number of sulfonamides is 1. The number of nitrogens with zero attached hydrogens (tertiary/aromatic N) is 4. The number of fused-ring (bicyclic) bond motifs is 1. The summed E-state index contributed by atoms with van der Waals surface area (Å²) < 4.78 is 41.6. The Morgan fingerprint density at radius 1 is 0.952 bits per heavy atom. The molecule has 3 aliphatic heterocycles. The number of ether oxygens (including phenoxy) is 2. The molecule has 0 N–H and O–H groups in total. The number of carbonyl (C=O) groups excluding carboxylic acids is 1. The third-order valence-electron chi connectivity index (χ3n) is 9.48. The number of rotatable bonds is 8. The molecule has 2 aromatic carbocycles.